The van der Waals surface area contributed by atoms with Gasteiger partial charge < -0.3 is 4.74 Å². The van der Waals surface area contributed by atoms with E-state index >= 15 is 0 Å². The molecule has 0 aliphatic heterocycles. The first-order valence-electron chi connectivity index (χ1n) is 7.01. The molecule has 0 N–H and O–H groups in total. The van der Waals surface area contributed by atoms with E-state index in [9.17, 15) is 0 Å². The van der Waals surface area contributed by atoms with Crippen LogP contribution in [-0.4, -0.2) is 4.98 Å². The lowest BCUT2D eigenvalue weighted by molar-refractivity contribution is 0.460. The highest BCUT2D eigenvalue weighted by molar-refractivity contribution is 6.17. The van der Waals surface area contributed by atoms with Gasteiger partial charge in [-0.15, -0.1) is 11.6 Å². The van der Waals surface area contributed by atoms with Gasteiger partial charge in [0.05, 0.1) is 11.4 Å². The number of alkyl halides is 1. The Balaban J connectivity index is 2.02. The molecule has 21 heavy (non-hydrogen) atoms. The molecule has 1 aromatic heterocycles. The van der Waals surface area contributed by atoms with Crippen molar-refractivity contribution in [2.24, 2.45) is 0 Å². The van der Waals surface area contributed by atoms with Gasteiger partial charge >= 0.3 is 0 Å². The minimum absolute atomic E-state index is 0.376. The monoisotopic (exact) mass is 297 g/mol. The number of pyridine rings is 1. The molecule has 3 heteroatoms. The van der Waals surface area contributed by atoms with Crippen LogP contribution in [0.3, 0.4) is 0 Å². The smallest absolute Gasteiger partial charge is 0.224 e. The summed E-state index contributed by atoms with van der Waals surface area (Å²) in [5.74, 6) is 1.75. The third-order valence-electron chi connectivity index (χ3n) is 3.43. The second-order valence-electron chi connectivity index (χ2n) is 4.88. The van der Waals surface area contributed by atoms with Crippen molar-refractivity contribution in [3.8, 4) is 11.6 Å². The van der Waals surface area contributed by atoms with Crippen LogP contribution < -0.4 is 4.74 Å². The second-order valence-corrected chi connectivity index (χ2v) is 5.15. The quantitative estimate of drug-likeness (QED) is 0.607. The zero-order chi connectivity index (χ0) is 14.7. The Kier molecular flexibility index (Phi) is 4.07. The summed E-state index contributed by atoms with van der Waals surface area (Å²) in [4.78, 5) is 4.59. The van der Waals surface area contributed by atoms with Gasteiger partial charge in [-0.1, -0.05) is 37.3 Å². The van der Waals surface area contributed by atoms with Crippen LogP contribution in [0.1, 0.15) is 18.1 Å². The maximum Gasteiger partial charge on any atom is 0.224 e. The molecule has 0 saturated carbocycles. The van der Waals surface area contributed by atoms with E-state index in [0.717, 1.165) is 28.6 Å². The number of fused-ring (bicyclic) bond motifs is 1. The van der Waals surface area contributed by atoms with Crippen molar-refractivity contribution in [3.05, 3.63) is 65.7 Å². The number of rotatable bonds is 4. The topological polar surface area (TPSA) is 22.1 Å². The number of aryl methyl sites for hydroxylation is 1. The molecular formula is C18H16ClNO. The maximum absolute atomic E-state index is 6.04. The fourth-order valence-electron chi connectivity index (χ4n) is 2.27. The van der Waals surface area contributed by atoms with Gasteiger partial charge in [0, 0.05) is 10.9 Å². The molecule has 0 spiro atoms. The summed E-state index contributed by atoms with van der Waals surface area (Å²) in [6.07, 6.45) is 0.977. The first-order chi connectivity index (χ1) is 10.3. The van der Waals surface area contributed by atoms with Crippen molar-refractivity contribution >= 4 is 22.5 Å². The molecule has 2 nitrogen and oxygen atoms in total. The molecular weight excluding hydrogens is 282 g/mol. The van der Waals surface area contributed by atoms with E-state index in [-0.39, 0.29) is 0 Å². The van der Waals surface area contributed by atoms with Gasteiger partial charge in [0.2, 0.25) is 5.88 Å². The summed E-state index contributed by atoms with van der Waals surface area (Å²) in [7, 11) is 0. The van der Waals surface area contributed by atoms with Gasteiger partial charge in [-0.2, -0.15) is 0 Å². The summed E-state index contributed by atoms with van der Waals surface area (Å²) in [5.41, 5.74) is 3.05. The number of nitrogens with zero attached hydrogens (tertiary/aromatic N) is 1. The molecule has 0 bridgehead atoms. The van der Waals surface area contributed by atoms with Crippen LogP contribution in [0.15, 0.2) is 54.6 Å². The fraction of sp³-hybridized carbons (Fsp3) is 0.167. The van der Waals surface area contributed by atoms with E-state index in [0.29, 0.717) is 11.8 Å². The van der Waals surface area contributed by atoms with Crippen LogP contribution in [0.25, 0.3) is 10.9 Å². The standard InChI is InChI=1S/C18H16ClNO/c1-2-13-6-5-8-16(10-13)21-18-15(12-19)11-14-7-3-4-9-17(14)20-18/h3-11H,2,12H2,1H3. The Bertz CT molecular complexity index is 770. The second kappa shape index (κ2) is 6.15. The molecule has 0 saturated heterocycles. The van der Waals surface area contributed by atoms with Gasteiger partial charge in [0.15, 0.2) is 0 Å². The van der Waals surface area contributed by atoms with E-state index in [1.54, 1.807) is 0 Å². The Morgan fingerprint density at radius 2 is 1.90 bits per heavy atom. The minimum Gasteiger partial charge on any atom is -0.439 e. The van der Waals surface area contributed by atoms with Crippen molar-refractivity contribution in [1.29, 1.82) is 0 Å². The minimum atomic E-state index is 0.376. The molecule has 0 atom stereocenters. The Hall–Kier alpha value is -2.06. The third-order valence-corrected chi connectivity index (χ3v) is 3.72. The van der Waals surface area contributed by atoms with Gasteiger partial charge in [-0.25, -0.2) is 4.98 Å². The van der Waals surface area contributed by atoms with Crippen LogP contribution in [0.4, 0.5) is 0 Å². The molecule has 0 fully saturated rings. The predicted molar refractivity (Wildman–Crippen MR) is 87.2 cm³/mol. The summed E-state index contributed by atoms with van der Waals surface area (Å²) in [6.45, 7) is 2.12. The van der Waals surface area contributed by atoms with Gasteiger partial charge in [0.1, 0.15) is 5.75 Å². The molecule has 0 unspecified atom stereocenters. The maximum atomic E-state index is 6.04. The fourth-order valence-corrected chi connectivity index (χ4v) is 2.46. The average molecular weight is 298 g/mol. The summed E-state index contributed by atoms with van der Waals surface area (Å²) in [6, 6.07) is 18.1. The number of halogens is 1. The van der Waals surface area contributed by atoms with Crippen molar-refractivity contribution in [1.82, 2.24) is 4.98 Å². The van der Waals surface area contributed by atoms with Crippen molar-refractivity contribution in [2.45, 2.75) is 19.2 Å². The molecule has 106 valence electrons. The lowest BCUT2D eigenvalue weighted by atomic mass is 10.1. The van der Waals surface area contributed by atoms with E-state index in [1.807, 2.05) is 48.5 Å². The number of benzene rings is 2. The van der Waals surface area contributed by atoms with Crippen LogP contribution in [0.2, 0.25) is 0 Å². The molecule has 3 aromatic rings. The predicted octanol–water partition coefficient (Wildman–Crippen LogP) is 5.33. The number of hydrogen-bond acceptors (Lipinski definition) is 2. The lowest BCUT2D eigenvalue weighted by Gasteiger charge is -2.11. The van der Waals surface area contributed by atoms with Crippen LogP contribution >= 0.6 is 11.6 Å². The molecule has 0 aliphatic rings. The SMILES string of the molecule is CCc1cccc(Oc2nc3ccccc3cc2CCl)c1. The van der Waals surface area contributed by atoms with Crippen LogP contribution in [0.5, 0.6) is 11.6 Å². The molecule has 0 amide bonds. The van der Waals surface area contributed by atoms with Crippen molar-refractivity contribution in [2.75, 3.05) is 0 Å². The Morgan fingerprint density at radius 1 is 1.05 bits per heavy atom. The van der Waals surface area contributed by atoms with E-state index in [4.69, 9.17) is 16.3 Å². The van der Waals surface area contributed by atoms with Crippen molar-refractivity contribution in [3.63, 3.8) is 0 Å². The Morgan fingerprint density at radius 3 is 2.71 bits per heavy atom. The first kappa shape index (κ1) is 13.9. The van der Waals surface area contributed by atoms with Gasteiger partial charge in [-0.3, -0.25) is 0 Å². The normalized spacial score (nSPS) is 10.8. The number of para-hydroxylation sites is 1. The largest absolute Gasteiger partial charge is 0.439 e. The molecule has 2 aromatic carbocycles. The van der Waals surface area contributed by atoms with E-state index in [2.05, 4.69) is 18.0 Å². The highest BCUT2D eigenvalue weighted by Crippen LogP contribution is 2.28. The van der Waals surface area contributed by atoms with Crippen LogP contribution in [-0.2, 0) is 12.3 Å². The molecule has 0 aliphatic carbocycles. The van der Waals surface area contributed by atoms with Crippen LogP contribution in [0, 0.1) is 0 Å². The highest BCUT2D eigenvalue weighted by Gasteiger charge is 2.09. The van der Waals surface area contributed by atoms with E-state index < -0.39 is 0 Å². The average Bonchev–Trinajstić information content (AvgIpc) is 2.54. The number of hydrogen-bond donors (Lipinski definition) is 0. The van der Waals surface area contributed by atoms with E-state index in [1.165, 1.54) is 5.56 Å². The number of aromatic nitrogens is 1. The summed E-state index contributed by atoms with van der Waals surface area (Å²) >= 11 is 6.04. The molecule has 3 rings (SSSR count). The summed E-state index contributed by atoms with van der Waals surface area (Å²) < 4.78 is 5.96. The van der Waals surface area contributed by atoms with Gasteiger partial charge in [-0.05, 0) is 36.2 Å². The summed E-state index contributed by atoms with van der Waals surface area (Å²) in [5, 5.41) is 1.07. The highest BCUT2D eigenvalue weighted by atomic mass is 35.5. The molecule has 1 heterocycles. The Labute approximate surface area is 129 Å². The third kappa shape index (κ3) is 3.01. The molecule has 0 radical (unpaired) electrons. The lowest BCUT2D eigenvalue weighted by Crippen LogP contribution is -1.95. The number of ether oxygens (including phenoxy) is 1. The van der Waals surface area contributed by atoms with Crippen molar-refractivity contribution < 1.29 is 4.74 Å². The zero-order valence-corrected chi connectivity index (χ0v) is 12.6. The first-order valence-corrected chi connectivity index (χ1v) is 7.55. The van der Waals surface area contributed by atoms with Gasteiger partial charge in [0.25, 0.3) is 0 Å². The zero-order valence-electron chi connectivity index (χ0n) is 11.8.